The summed E-state index contributed by atoms with van der Waals surface area (Å²) in [6.07, 6.45) is -2.75. The number of oxime groups is 1. The zero-order chi connectivity index (χ0) is 22.1. The molecule has 2 heterocycles. The second-order valence-corrected chi connectivity index (χ2v) is 7.84. The highest BCUT2D eigenvalue weighted by molar-refractivity contribution is 6.01. The van der Waals surface area contributed by atoms with E-state index in [0.29, 0.717) is 38.0 Å². The van der Waals surface area contributed by atoms with Crippen LogP contribution in [0.3, 0.4) is 0 Å². The maximum absolute atomic E-state index is 12.5. The zero-order valence-corrected chi connectivity index (χ0v) is 16.9. The number of nitrogens with zero attached hydrogens (tertiary/aromatic N) is 2. The first-order valence-electron chi connectivity index (χ1n) is 9.95. The van der Waals surface area contributed by atoms with Crippen LogP contribution in [0, 0.1) is 6.92 Å². The van der Waals surface area contributed by atoms with Crippen molar-refractivity contribution >= 4 is 17.4 Å². The summed E-state index contributed by atoms with van der Waals surface area (Å²) in [5.41, 5.74) is 3.13. The van der Waals surface area contributed by atoms with Crippen molar-refractivity contribution in [2.24, 2.45) is 5.16 Å². The maximum atomic E-state index is 12.5. The van der Waals surface area contributed by atoms with Gasteiger partial charge in [-0.3, -0.25) is 0 Å². The van der Waals surface area contributed by atoms with Crippen molar-refractivity contribution in [3.63, 3.8) is 0 Å². The van der Waals surface area contributed by atoms with Crippen LogP contribution in [-0.2, 0) is 4.84 Å². The van der Waals surface area contributed by atoms with Crippen LogP contribution >= 0.6 is 0 Å². The van der Waals surface area contributed by atoms with Gasteiger partial charge in [-0.2, -0.15) is 0 Å². The normalized spacial score (nSPS) is 17.8. The van der Waals surface area contributed by atoms with Crippen LogP contribution in [0.2, 0.25) is 0 Å². The molecule has 1 saturated heterocycles. The Morgan fingerprint density at radius 3 is 2.35 bits per heavy atom. The maximum Gasteiger partial charge on any atom is 0.573 e. The number of nitrogens with one attached hydrogen (secondary N) is 1. The molecule has 4 rings (SSSR count). The lowest BCUT2D eigenvalue weighted by atomic mass is 9.85. The number of rotatable bonds is 3. The largest absolute Gasteiger partial charge is 0.573 e. The van der Waals surface area contributed by atoms with E-state index in [-0.39, 0.29) is 11.8 Å². The van der Waals surface area contributed by atoms with Gasteiger partial charge in [0.2, 0.25) is 0 Å². The van der Waals surface area contributed by atoms with Crippen molar-refractivity contribution in [3.05, 3.63) is 59.7 Å². The molecule has 9 heteroatoms. The third-order valence-electron chi connectivity index (χ3n) is 5.52. The van der Waals surface area contributed by atoms with E-state index < -0.39 is 12.0 Å². The number of piperidine rings is 1. The molecule has 1 N–H and O–H groups in total. The second-order valence-electron chi connectivity index (χ2n) is 7.84. The first kappa shape index (κ1) is 21.0. The highest BCUT2D eigenvalue weighted by atomic mass is 19.4. The van der Waals surface area contributed by atoms with Crippen molar-refractivity contribution < 1.29 is 27.5 Å². The van der Waals surface area contributed by atoms with E-state index in [9.17, 15) is 18.0 Å². The van der Waals surface area contributed by atoms with E-state index in [1.807, 2.05) is 31.2 Å². The van der Waals surface area contributed by atoms with Crippen molar-refractivity contribution in [2.45, 2.75) is 38.1 Å². The molecule has 0 aliphatic carbocycles. The van der Waals surface area contributed by atoms with Gasteiger partial charge in [0.1, 0.15) is 11.4 Å². The summed E-state index contributed by atoms with van der Waals surface area (Å²) in [6.45, 7) is 3.03. The number of aryl methyl sites for hydroxylation is 1. The van der Waals surface area contributed by atoms with Crippen LogP contribution in [-0.4, -0.2) is 41.7 Å². The summed E-state index contributed by atoms with van der Waals surface area (Å²) in [5, 5.41) is 6.99. The molecule has 0 atom stereocenters. The number of amides is 2. The lowest BCUT2D eigenvalue weighted by molar-refractivity contribution is -0.274. The van der Waals surface area contributed by atoms with Crippen molar-refractivity contribution in [3.8, 4) is 5.75 Å². The molecule has 2 aliphatic rings. The number of ether oxygens (including phenoxy) is 1. The third kappa shape index (κ3) is 5.10. The van der Waals surface area contributed by atoms with Crippen molar-refractivity contribution in [1.82, 2.24) is 4.90 Å². The minimum atomic E-state index is -4.75. The fourth-order valence-electron chi connectivity index (χ4n) is 3.75. The minimum Gasteiger partial charge on any atom is -0.406 e. The molecule has 2 amide bonds. The molecule has 0 unspecified atom stereocenters. The molecule has 2 aliphatic heterocycles. The quantitative estimate of drug-likeness (QED) is 0.734. The molecular weight excluding hydrogens is 411 g/mol. The number of carbonyl (C=O) groups excluding carboxylic acids is 1. The van der Waals surface area contributed by atoms with Gasteiger partial charge in [-0.05, 0) is 36.8 Å². The highest BCUT2D eigenvalue weighted by Crippen LogP contribution is 2.36. The fraction of sp³-hybridized carbons (Fsp3) is 0.364. The van der Waals surface area contributed by atoms with Crippen LogP contribution in [0.15, 0.2) is 53.7 Å². The lowest BCUT2D eigenvalue weighted by Gasteiger charge is -2.37. The Bertz CT molecular complexity index is 964. The number of anilines is 1. The Balaban J connectivity index is 1.29. The van der Waals surface area contributed by atoms with Crippen LogP contribution in [0.4, 0.5) is 23.7 Å². The van der Waals surface area contributed by atoms with E-state index in [1.54, 1.807) is 4.90 Å². The van der Waals surface area contributed by atoms with E-state index >= 15 is 0 Å². The van der Waals surface area contributed by atoms with Crippen LogP contribution in [0.25, 0.3) is 0 Å². The van der Waals surface area contributed by atoms with Crippen molar-refractivity contribution in [2.75, 3.05) is 18.4 Å². The predicted molar refractivity (Wildman–Crippen MR) is 109 cm³/mol. The number of urea groups is 1. The van der Waals surface area contributed by atoms with Gasteiger partial charge < -0.3 is 19.8 Å². The molecule has 2 aromatic carbocycles. The van der Waals surface area contributed by atoms with E-state index in [2.05, 4.69) is 15.2 Å². The highest BCUT2D eigenvalue weighted by Gasteiger charge is 2.43. The van der Waals surface area contributed by atoms with Gasteiger partial charge in [0.05, 0.1) is 5.71 Å². The van der Waals surface area contributed by atoms with Gasteiger partial charge in [0.15, 0.2) is 0 Å². The van der Waals surface area contributed by atoms with Gasteiger partial charge in [0.25, 0.3) is 0 Å². The van der Waals surface area contributed by atoms with Crippen LogP contribution in [0.1, 0.15) is 30.4 Å². The van der Waals surface area contributed by atoms with E-state index in [4.69, 9.17) is 4.84 Å². The SMILES string of the molecule is Cc1ccc(C2=NOC3(CCN(C(=O)Nc4ccc(OC(F)(F)F)cc4)CC3)C2)cc1. The number of alkyl halides is 3. The first-order chi connectivity index (χ1) is 14.7. The van der Waals surface area contributed by atoms with Crippen LogP contribution < -0.4 is 10.1 Å². The summed E-state index contributed by atoms with van der Waals surface area (Å²) in [7, 11) is 0. The first-order valence-corrected chi connectivity index (χ1v) is 9.95. The minimum absolute atomic E-state index is 0.308. The Morgan fingerprint density at radius 2 is 1.74 bits per heavy atom. The monoisotopic (exact) mass is 433 g/mol. The van der Waals surface area contributed by atoms with Gasteiger partial charge in [0, 0.05) is 38.0 Å². The molecule has 1 fully saturated rings. The second kappa shape index (κ2) is 8.13. The Labute approximate surface area is 177 Å². The Hall–Kier alpha value is -3.23. The number of hydrogen-bond acceptors (Lipinski definition) is 4. The molecule has 2 aromatic rings. The zero-order valence-electron chi connectivity index (χ0n) is 16.9. The average molecular weight is 433 g/mol. The number of hydrogen-bond donors (Lipinski definition) is 1. The molecule has 0 radical (unpaired) electrons. The number of benzene rings is 2. The van der Waals surface area contributed by atoms with Crippen molar-refractivity contribution in [1.29, 1.82) is 0 Å². The molecule has 0 saturated carbocycles. The van der Waals surface area contributed by atoms with Gasteiger partial charge in [-0.15, -0.1) is 13.2 Å². The summed E-state index contributed by atoms with van der Waals surface area (Å²) in [4.78, 5) is 20.0. The summed E-state index contributed by atoms with van der Waals surface area (Å²) in [5.74, 6) is -0.340. The topological polar surface area (TPSA) is 63.2 Å². The molecule has 1 spiro atoms. The average Bonchev–Trinajstić information content (AvgIpc) is 3.13. The lowest BCUT2D eigenvalue weighted by Crippen LogP contribution is -2.48. The molecular formula is C22H22F3N3O3. The van der Waals surface area contributed by atoms with Gasteiger partial charge in [-0.1, -0.05) is 35.0 Å². The fourth-order valence-corrected chi connectivity index (χ4v) is 3.75. The summed E-state index contributed by atoms with van der Waals surface area (Å²) < 4.78 is 40.6. The molecule has 0 bridgehead atoms. The molecule has 31 heavy (non-hydrogen) atoms. The standard InChI is InChI=1S/C22H22F3N3O3/c1-15-2-4-16(5-3-15)19-14-21(31-27-19)10-12-28(13-11-21)20(29)26-17-6-8-18(9-7-17)30-22(23,24)25/h2-9H,10-14H2,1H3,(H,26,29). The molecule has 0 aromatic heterocycles. The Morgan fingerprint density at radius 1 is 1.10 bits per heavy atom. The van der Waals surface area contributed by atoms with Gasteiger partial charge in [-0.25, -0.2) is 4.79 Å². The molecule has 164 valence electrons. The summed E-state index contributed by atoms with van der Waals surface area (Å²) in [6, 6.07) is 12.9. The van der Waals surface area contributed by atoms with Crippen LogP contribution in [0.5, 0.6) is 5.75 Å². The predicted octanol–water partition coefficient (Wildman–Crippen LogP) is 5.08. The number of likely N-dealkylation sites (tertiary alicyclic amines) is 1. The van der Waals surface area contributed by atoms with Gasteiger partial charge >= 0.3 is 12.4 Å². The smallest absolute Gasteiger partial charge is 0.406 e. The number of halogens is 3. The number of carbonyl (C=O) groups is 1. The third-order valence-corrected chi connectivity index (χ3v) is 5.52. The summed E-state index contributed by atoms with van der Waals surface area (Å²) >= 11 is 0. The van der Waals surface area contributed by atoms with E-state index in [1.165, 1.54) is 17.7 Å². The molecule has 6 nitrogen and oxygen atoms in total. The van der Waals surface area contributed by atoms with E-state index in [0.717, 1.165) is 23.4 Å². The Kier molecular flexibility index (Phi) is 5.51.